The van der Waals surface area contributed by atoms with Crippen LogP contribution in [-0.2, 0) is 0 Å². The second kappa shape index (κ2) is 12.8. The average molecular weight is 538 g/mol. The van der Waals surface area contributed by atoms with Gasteiger partial charge in [0.15, 0.2) is 5.82 Å². The number of aromatic amines is 2. The summed E-state index contributed by atoms with van der Waals surface area (Å²) in [5, 5.41) is 13.1. The highest BCUT2D eigenvalue weighted by Gasteiger charge is 2.19. The van der Waals surface area contributed by atoms with Gasteiger partial charge in [-0.25, -0.2) is 4.98 Å². The van der Waals surface area contributed by atoms with Gasteiger partial charge in [-0.1, -0.05) is 51.8 Å². The van der Waals surface area contributed by atoms with Crippen LogP contribution < -0.4 is 20.8 Å². The van der Waals surface area contributed by atoms with Crippen molar-refractivity contribution in [3.05, 3.63) is 89.3 Å². The molecule has 0 saturated carbocycles. The Morgan fingerprint density at radius 1 is 1.15 bits per heavy atom. The van der Waals surface area contributed by atoms with Crippen molar-refractivity contribution in [2.75, 3.05) is 38.1 Å². The molecule has 7 nitrogen and oxygen atoms in total. The smallest absolute Gasteiger partial charge is 0.159 e. The van der Waals surface area contributed by atoms with E-state index in [1.807, 2.05) is 32.1 Å². The number of piperazine rings is 1. The summed E-state index contributed by atoms with van der Waals surface area (Å²) in [5.74, 6) is 1.26. The number of aromatic nitrogens is 4. The molecular weight excluding hydrogens is 494 g/mol. The first-order valence-corrected chi connectivity index (χ1v) is 14.0. The molecule has 4 rings (SSSR count). The fourth-order valence-electron chi connectivity index (χ4n) is 5.02. The second-order valence-electron chi connectivity index (χ2n) is 10.8. The van der Waals surface area contributed by atoms with Crippen molar-refractivity contribution in [3.8, 4) is 11.5 Å². The van der Waals surface area contributed by atoms with Gasteiger partial charge >= 0.3 is 0 Å². The number of hydrogen-bond donors (Lipinski definition) is 3. The highest BCUT2D eigenvalue weighted by Crippen LogP contribution is 2.28. The molecule has 3 N–H and O–H groups in total. The Hall–Kier alpha value is -4.10. The Kier molecular flexibility index (Phi) is 9.27. The van der Waals surface area contributed by atoms with Crippen LogP contribution in [0.1, 0.15) is 34.1 Å². The van der Waals surface area contributed by atoms with Crippen molar-refractivity contribution in [2.24, 2.45) is 5.92 Å². The Bertz CT molecular complexity index is 1570. The molecule has 3 heterocycles. The van der Waals surface area contributed by atoms with Gasteiger partial charge in [-0.2, -0.15) is 5.10 Å². The van der Waals surface area contributed by atoms with Crippen molar-refractivity contribution in [1.82, 2.24) is 30.4 Å². The highest BCUT2D eigenvalue weighted by atomic mass is 15.3. The lowest BCUT2D eigenvalue weighted by Gasteiger charge is -2.34. The van der Waals surface area contributed by atoms with E-state index in [0.717, 1.165) is 93.9 Å². The van der Waals surface area contributed by atoms with Crippen molar-refractivity contribution >= 4 is 28.9 Å². The quantitative estimate of drug-likeness (QED) is 0.317. The molecule has 1 aromatic carbocycles. The van der Waals surface area contributed by atoms with Crippen LogP contribution >= 0.6 is 0 Å². The lowest BCUT2D eigenvalue weighted by atomic mass is 10.0. The number of benzene rings is 1. The lowest BCUT2D eigenvalue weighted by Crippen LogP contribution is -2.44. The molecule has 1 aliphatic rings. The van der Waals surface area contributed by atoms with Crippen molar-refractivity contribution in [1.29, 1.82) is 0 Å². The van der Waals surface area contributed by atoms with E-state index in [1.165, 1.54) is 0 Å². The van der Waals surface area contributed by atoms with Gasteiger partial charge in [-0.15, -0.1) is 0 Å². The van der Waals surface area contributed by atoms with Gasteiger partial charge in [0, 0.05) is 42.8 Å². The van der Waals surface area contributed by atoms with E-state index >= 15 is 0 Å². The molecule has 0 unspecified atom stereocenters. The predicted molar refractivity (Wildman–Crippen MR) is 170 cm³/mol. The van der Waals surface area contributed by atoms with E-state index in [-0.39, 0.29) is 0 Å². The minimum atomic E-state index is 0.523. The number of nitrogens with zero attached hydrogens (tertiary/aromatic N) is 4. The molecule has 0 radical (unpaired) electrons. The highest BCUT2D eigenvalue weighted by molar-refractivity contribution is 5.91. The molecule has 0 amide bonds. The molecule has 1 aliphatic heterocycles. The van der Waals surface area contributed by atoms with E-state index in [2.05, 4.69) is 101 Å². The van der Waals surface area contributed by atoms with E-state index in [9.17, 15) is 0 Å². The zero-order valence-corrected chi connectivity index (χ0v) is 24.6. The summed E-state index contributed by atoms with van der Waals surface area (Å²) in [7, 11) is 2.17. The Morgan fingerprint density at radius 3 is 2.55 bits per heavy atom. The summed E-state index contributed by atoms with van der Waals surface area (Å²) in [6.45, 7) is 25.0. The zero-order chi connectivity index (χ0) is 28.8. The summed E-state index contributed by atoms with van der Waals surface area (Å²) < 4.78 is 0. The number of hydrogen-bond acceptors (Lipinski definition) is 5. The number of imidazole rings is 1. The summed E-state index contributed by atoms with van der Waals surface area (Å²) in [5.41, 5.74) is 7.59. The van der Waals surface area contributed by atoms with Gasteiger partial charge in [-0.05, 0) is 74.7 Å². The summed E-state index contributed by atoms with van der Waals surface area (Å²) >= 11 is 0. The third-order valence-corrected chi connectivity index (χ3v) is 7.19. The first-order chi connectivity index (χ1) is 19.2. The molecule has 1 saturated heterocycles. The number of allylic oxidation sites excluding steroid dienone is 6. The first-order valence-electron chi connectivity index (χ1n) is 14.0. The van der Waals surface area contributed by atoms with Gasteiger partial charge in [0.25, 0.3) is 0 Å². The van der Waals surface area contributed by atoms with Gasteiger partial charge in [0.2, 0.25) is 0 Å². The van der Waals surface area contributed by atoms with Crippen molar-refractivity contribution < 1.29 is 0 Å². The van der Waals surface area contributed by atoms with Crippen LogP contribution in [0.3, 0.4) is 0 Å². The van der Waals surface area contributed by atoms with Gasteiger partial charge in [0.05, 0.1) is 16.6 Å². The van der Waals surface area contributed by atoms with E-state index < -0.39 is 0 Å². The SMILES string of the molecule is C=C/C(=C\C(=C/C)C(=C)/C=c1/c(-c2nc3c(N4CCN(C)CC4)cccc3[nH]2)n[nH]/c1=C/C)NC(=C)CC(C)C. The third kappa shape index (κ3) is 6.54. The Morgan fingerprint density at radius 2 is 1.90 bits per heavy atom. The molecule has 0 bridgehead atoms. The molecule has 0 spiro atoms. The number of para-hydroxylation sites is 1. The molecule has 7 heteroatoms. The molecule has 3 aromatic rings. The van der Waals surface area contributed by atoms with Crippen LogP contribution in [0.4, 0.5) is 5.69 Å². The zero-order valence-electron chi connectivity index (χ0n) is 24.6. The lowest BCUT2D eigenvalue weighted by molar-refractivity contribution is 0.313. The molecule has 2 aromatic heterocycles. The normalized spacial score (nSPS) is 16.3. The fourth-order valence-corrected chi connectivity index (χ4v) is 5.02. The Balaban J connectivity index is 1.70. The molecule has 0 aliphatic carbocycles. The number of likely N-dealkylation sites (N-methyl/N-ethyl adjacent to an activating group) is 1. The van der Waals surface area contributed by atoms with E-state index in [0.29, 0.717) is 5.92 Å². The largest absolute Gasteiger partial charge is 0.367 e. The number of fused-ring (bicyclic) bond motifs is 1. The Labute approximate surface area is 238 Å². The van der Waals surface area contributed by atoms with Crippen molar-refractivity contribution in [3.63, 3.8) is 0 Å². The van der Waals surface area contributed by atoms with Crippen LogP contribution in [0.2, 0.25) is 0 Å². The maximum Gasteiger partial charge on any atom is 0.159 e. The predicted octanol–water partition coefficient (Wildman–Crippen LogP) is 5.01. The van der Waals surface area contributed by atoms with Crippen LogP contribution in [-0.4, -0.2) is 58.3 Å². The second-order valence-corrected chi connectivity index (χ2v) is 10.8. The standard InChI is InChI=1S/C33H43N7/c1-9-25(21-26(10-2)34-24(7)19-22(4)5)23(6)20-27-28(11-3)37-38-31(27)33-35-29-13-12-14-30(32(29)36-33)40-17-15-39(8)16-18-40/h9-14,20-22,34,37H,2,6-7,15-19H2,1,3-5,8H3,(H,35,36)/b25-9+,26-21+,27-20+,28-11+. The van der Waals surface area contributed by atoms with Crippen LogP contribution in [0, 0.1) is 5.92 Å². The van der Waals surface area contributed by atoms with E-state index in [4.69, 9.17) is 4.98 Å². The molecule has 1 fully saturated rings. The van der Waals surface area contributed by atoms with Crippen LogP contribution in [0.15, 0.2) is 78.7 Å². The fraction of sp³-hybridized carbons (Fsp3) is 0.333. The van der Waals surface area contributed by atoms with Gasteiger partial charge in [0.1, 0.15) is 11.2 Å². The summed E-state index contributed by atoms with van der Waals surface area (Å²) in [6.07, 6.45) is 10.9. The van der Waals surface area contributed by atoms with Gasteiger partial charge < -0.3 is 20.1 Å². The van der Waals surface area contributed by atoms with E-state index in [1.54, 1.807) is 0 Å². The topological polar surface area (TPSA) is 75.9 Å². The third-order valence-electron chi connectivity index (χ3n) is 7.19. The average Bonchev–Trinajstić information content (AvgIpc) is 3.54. The number of nitrogens with one attached hydrogen (secondary N) is 3. The number of H-pyrrole nitrogens is 2. The summed E-state index contributed by atoms with van der Waals surface area (Å²) in [6, 6.07) is 6.33. The maximum absolute atomic E-state index is 5.06. The van der Waals surface area contributed by atoms with Crippen LogP contribution in [0.25, 0.3) is 34.7 Å². The van der Waals surface area contributed by atoms with Gasteiger partial charge in [-0.3, -0.25) is 5.10 Å². The minimum Gasteiger partial charge on any atom is -0.367 e. The van der Waals surface area contributed by atoms with Crippen LogP contribution in [0.5, 0.6) is 0 Å². The monoisotopic (exact) mass is 537 g/mol. The number of anilines is 1. The molecule has 0 atom stereocenters. The van der Waals surface area contributed by atoms with Crippen molar-refractivity contribution in [2.45, 2.75) is 34.1 Å². The first kappa shape index (κ1) is 28.9. The maximum atomic E-state index is 5.06. The molecule has 210 valence electrons. The summed E-state index contributed by atoms with van der Waals surface area (Å²) in [4.78, 5) is 13.4. The molecule has 40 heavy (non-hydrogen) atoms. The number of rotatable bonds is 10. The minimum absolute atomic E-state index is 0.523. The molecular formula is C33H43N7.